The molecule has 0 spiro atoms. The molecule has 178 valence electrons. The first-order valence-corrected chi connectivity index (χ1v) is 11.8. The number of amides is 1. The van der Waals surface area contributed by atoms with Gasteiger partial charge in [-0.1, -0.05) is 30.4 Å². The van der Waals surface area contributed by atoms with Gasteiger partial charge in [-0.25, -0.2) is 5.43 Å². The Kier molecular flexibility index (Phi) is 6.15. The van der Waals surface area contributed by atoms with Crippen molar-refractivity contribution in [2.24, 2.45) is 11.0 Å². The lowest BCUT2D eigenvalue weighted by Crippen LogP contribution is -2.33. The van der Waals surface area contributed by atoms with E-state index in [-0.39, 0.29) is 18.4 Å². The first-order chi connectivity index (χ1) is 16.5. The van der Waals surface area contributed by atoms with Gasteiger partial charge in [0.05, 0.1) is 38.5 Å². The molecule has 1 amide bonds. The fraction of sp³-hybridized carbons (Fsp3) is 0.407. The maximum atomic E-state index is 12.3. The number of benzene rings is 2. The molecule has 2 aromatic carbocycles. The maximum Gasteiger partial charge on any atom is 0.245 e. The number of carbonyl (C=O) groups is 1. The number of methoxy groups -OCH3 is 1. The number of hydrogen-bond donors (Lipinski definition) is 2. The standard InChI is InChI=1S/C27H31N3O4/c1-17(29-30-25(31)16-27(2)33-13-14-34-27)19-9-12-24-23(15-19)21-5-4-6-22(21)26(28-24)18-7-10-20(32-3)11-8-18/h4-5,7-12,15,21-22,26,28H,6,13-14,16H2,1-3H3,(H,30,31)/b29-17-/t21-,22+,26+/m1/s1. The third kappa shape index (κ3) is 4.45. The highest BCUT2D eigenvalue weighted by molar-refractivity contribution is 6.00. The molecule has 2 N–H and O–H groups in total. The molecule has 34 heavy (non-hydrogen) atoms. The molecule has 2 aromatic rings. The Hall–Kier alpha value is -3.16. The van der Waals surface area contributed by atoms with E-state index in [9.17, 15) is 4.79 Å². The molecule has 3 atom stereocenters. The van der Waals surface area contributed by atoms with E-state index in [4.69, 9.17) is 14.2 Å². The van der Waals surface area contributed by atoms with Crippen molar-refractivity contribution in [1.29, 1.82) is 0 Å². The van der Waals surface area contributed by atoms with Crippen molar-refractivity contribution >= 4 is 17.3 Å². The molecule has 0 unspecified atom stereocenters. The van der Waals surface area contributed by atoms with Crippen molar-refractivity contribution in [2.45, 2.75) is 44.4 Å². The highest BCUT2D eigenvalue weighted by atomic mass is 16.7. The predicted octanol–water partition coefficient (Wildman–Crippen LogP) is 4.52. The van der Waals surface area contributed by atoms with Gasteiger partial charge in [0.15, 0.2) is 5.79 Å². The van der Waals surface area contributed by atoms with Gasteiger partial charge in [-0.2, -0.15) is 5.10 Å². The number of hydrazone groups is 1. The summed E-state index contributed by atoms with van der Waals surface area (Å²) in [6, 6.07) is 14.9. The Balaban J connectivity index is 1.33. The third-order valence-electron chi connectivity index (χ3n) is 6.98. The van der Waals surface area contributed by atoms with Gasteiger partial charge in [-0.05, 0) is 67.1 Å². The number of anilines is 1. The van der Waals surface area contributed by atoms with Gasteiger partial charge in [0.1, 0.15) is 5.75 Å². The van der Waals surface area contributed by atoms with Crippen LogP contribution < -0.4 is 15.5 Å². The predicted molar refractivity (Wildman–Crippen MR) is 131 cm³/mol. The van der Waals surface area contributed by atoms with Crippen LogP contribution in [0.25, 0.3) is 0 Å². The second-order valence-corrected chi connectivity index (χ2v) is 9.29. The largest absolute Gasteiger partial charge is 0.497 e. The Bertz CT molecular complexity index is 1120. The number of fused-ring (bicyclic) bond motifs is 3. The van der Waals surface area contributed by atoms with Gasteiger partial charge >= 0.3 is 0 Å². The molecule has 2 heterocycles. The SMILES string of the molecule is COc1ccc([C@@H]2Nc3ccc(/C(C)=N\NC(=O)CC4(C)OCCO4)cc3[C@@H]3C=CC[C@@H]32)cc1. The van der Waals surface area contributed by atoms with Crippen LogP contribution in [0.5, 0.6) is 5.75 Å². The lowest BCUT2D eigenvalue weighted by Gasteiger charge is -2.37. The van der Waals surface area contributed by atoms with E-state index >= 15 is 0 Å². The second-order valence-electron chi connectivity index (χ2n) is 9.29. The number of nitrogens with zero attached hydrogens (tertiary/aromatic N) is 1. The van der Waals surface area contributed by atoms with Crippen molar-refractivity contribution in [3.63, 3.8) is 0 Å². The number of ether oxygens (including phenoxy) is 3. The van der Waals surface area contributed by atoms with Crippen molar-refractivity contribution < 1.29 is 19.0 Å². The molecule has 3 aliphatic rings. The van der Waals surface area contributed by atoms with E-state index in [1.54, 1.807) is 14.0 Å². The highest BCUT2D eigenvalue weighted by Gasteiger charge is 2.38. The molecule has 7 nitrogen and oxygen atoms in total. The molecule has 5 rings (SSSR count). The van der Waals surface area contributed by atoms with Crippen LogP contribution in [-0.4, -0.2) is 37.7 Å². The average Bonchev–Trinajstić information content (AvgIpc) is 3.51. The molecule has 0 aromatic heterocycles. The molecule has 1 aliphatic carbocycles. The van der Waals surface area contributed by atoms with E-state index in [2.05, 4.69) is 52.3 Å². The zero-order chi connectivity index (χ0) is 23.7. The van der Waals surface area contributed by atoms with Crippen molar-refractivity contribution in [1.82, 2.24) is 5.43 Å². The summed E-state index contributed by atoms with van der Waals surface area (Å²) >= 11 is 0. The van der Waals surface area contributed by atoms with Crippen LogP contribution >= 0.6 is 0 Å². The smallest absolute Gasteiger partial charge is 0.245 e. The van der Waals surface area contributed by atoms with Crippen molar-refractivity contribution in [2.75, 3.05) is 25.6 Å². The summed E-state index contributed by atoms with van der Waals surface area (Å²) in [5.74, 6) is 0.548. The number of rotatable bonds is 6. The normalized spacial score (nSPS) is 24.8. The first-order valence-electron chi connectivity index (χ1n) is 11.8. The monoisotopic (exact) mass is 461 g/mol. The quantitative estimate of drug-likeness (QED) is 0.376. The lowest BCUT2D eigenvalue weighted by atomic mass is 9.76. The Morgan fingerprint density at radius 1 is 1.21 bits per heavy atom. The van der Waals surface area contributed by atoms with Crippen LogP contribution in [0.2, 0.25) is 0 Å². The van der Waals surface area contributed by atoms with E-state index in [1.807, 2.05) is 25.1 Å². The van der Waals surface area contributed by atoms with Gasteiger partial charge in [-0.3, -0.25) is 4.79 Å². The fourth-order valence-electron chi connectivity index (χ4n) is 5.16. The van der Waals surface area contributed by atoms with Gasteiger partial charge in [0.25, 0.3) is 0 Å². The summed E-state index contributed by atoms with van der Waals surface area (Å²) in [7, 11) is 1.69. The van der Waals surface area contributed by atoms with Crippen LogP contribution in [0.1, 0.15) is 55.3 Å². The van der Waals surface area contributed by atoms with Crippen molar-refractivity contribution in [3.8, 4) is 5.75 Å². The molecular formula is C27H31N3O4. The first kappa shape index (κ1) is 22.6. The average molecular weight is 462 g/mol. The summed E-state index contributed by atoms with van der Waals surface area (Å²) < 4.78 is 16.3. The summed E-state index contributed by atoms with van der Waals surface area (Å²) in [6.07, 6.45) is 5.74. The van der Waals surface area contributed by atoms with Gasteiger partial charge in [0.2, 0.25) is 5.91 Å². The minimum Gasteiger partial charge on any atom is -0.497 e. The van der Waals surface area contributed by atoms with Gasteiger partial charge in [-0.15, -0.1) is 0 Å². The summed E-state index contributed by atoms with van der Waals surface area (Å²) in [4.78, 5) is 12.3. The summed E-state index contributed by atoms with van der Waals surface area (Å²) in [5.41, 5.74) is 8.05. The number of hydrogen-bond acceptors (Lipinski definition) is 6. The van der Waals surface area contributed by atoms with E-state index < -0.39 is 5.79 Å². The molecule has 0 saturated carbocycles. The molecule has 7 heteroatoms. The van der Waals surface area contributed by atoms with Crippen LogP contribution in [-0.2, 0) is 14.3 Å². The Labute approximate surface area is 200 Å². The molecule has 1 saturated heterocycles. The Morgan fingerprint density at radius 2 is 1.97 bits per heavy atom. The van der Waals surface area contributed by atoms with E-state index in [1.165, 1.54) is 11.1 Å². The molecule has 0 radical (unpaired) electrons. The zero-order valence-corrected chi connectivity index (χ0v) is 19.8. The summed E-state index contributed by atoms with van der Waals surface area (Å²) in [5, 5.41) is 8.10. The number of carbonyl (C=O) groups excluding carboxylic acids is 1. The van der Waals surface area contributed by atoms with Crippen LogP contribution in [0.15, 0.2) is 59.7 Å². The number of allylic oxidation sites excluding steroid dienone is 2. The number of nitrogens with one attached hydrogen (secondary N) is 2. The van der Waals surface area contributed by atoms with Crippen molar-refractivity contribution in [3.05, 3.63) is 71.3 Å². The van der Waals surface area contributed by atoms with Gasteiger partial charge in [0, 0.05) is 11.6 Å². The van der Waals surface area contributed by atoms with Crippen LogP contribution in [0.4, 0.5) is 5.69 Å². The van der Waals surface area contributed by atoms with E-state index in [0.29, 0.717) is 25.0 Å². The van der Waals surface area contributed by atoms with Crippen LogP contribution in [0.3, 0.4) is 0 Å². The third-order valence-corrected chi connectivity index (χ3v) is 6.98. The lowest BCUT2D eigenvalue weighted by molar-refractivity contribution is -0.159. The minimum atomic E-state index is -0.866. The summed E-state index contributed by atoms with van der Waals surface area (Å²) in [6.45, 7) is 4.69. The highest BCUT2D eigenvalue weighted by Crippen LogP contribution is 2.50. The minimum absolute atomic E-state index is 0.110. The molecule has 2 aliphatic heterocycles. The zero-order valence-electron chi connectivity index (χ0n) is 19.8. The van der Waals surface area contributed by atoms with Gasteiger partial charge < -0.3 is 19.5 Å². The second kappa shape index (κ2) is 9.24. The maximum absolute atomic E-state index is 12.3. The van der Waals surface area contributed by atoms with Crippen LogP contribution in [0, 0.1) is 5.92 Å². The molecular weight excluding hydrogens is 430 g/mol. The van der Waals surface area contributed by atoms with E-state index in [0.717, 1.165) is 29.1 Å². The Morgan fingerprint density at radius 3 is 2.71 bits per heavy atom. The molecule has 0 bridgehead atoms. The topological polar surface area (TPSA) is 81.2 Å². The molecule has 1 fully saturated rings. The fourth-order valence-corrected chi connectivity index (χ4v) is 5.16.